The van der Waals surface area contributed by atoms with Crippen LogP contribution in [0, 0.1) is 6.92 Å². The molecule has 0 saturated heterocycles. The average Bonchev–Trinajstić information content (AvgIpc) is 3.33. The maximum atomic E-state index is 13.7. The normalized spacial score (nSPS) is 11.6. The number of hydrogen-bond acceptors (Lipinski definition) is 5. The van der Waals surface area contributed by atoms with Gasteiger partial charge in [0.2, 0.25) is 0 Å². The van der Waals surface area contributed by atoms with Gasteiger partial charge in [0, 0.05) is 16.2 Å². The van der Waals surface area contributed by atoms with Gasteiger partial charge in [-0.1, -0.05) is 15.9 Å². The van der Waals surface area contributed by atoms with E-state index < -0.39 is 17.0 Å². The molecule has 4 aromatic rings. The Hall–Kier alpha value is -3.05. The third-order valence-corrected chi connectivity index (χ3v) is 4.87. The van der Waals surface area contributed by atoms with Gasteiger partial charge in [0.15, 0.2) is 18.1 Å². The molecule has 0 atom stereocenters. The molecule has 160 valence electrons. The molecule has 0 unspecified atom stereocenters. The van der Waals surface area contributed by atoms with Crippen molar-refractivity contribution in [2.24, 2.45) is 0 Å². The Balaban J connectivity index is 1.47. The lowest BCUT2D eigenvalue weighted by Gasteiger charge is -2.10. The monoisotopic (exact) mass is 510 g/mol. The summed E-state index contributed by atoms with van der Waals surface area (Å²) in [6.45, 7) is 1.67. The van der Waals surface area contributed by atoms with Crippen molar-refractivity contribution in [3.05, 3.63) is 70.3 Å². The zero-order valence-electron chi connectivity index (χ0n) is 15.9. The molecular weight excluding hydrogens is 498 g/mol. The van der Waals surface area contributed by atoms with Crippen LogP contribution in [0.5, 0.6) is 5.75 Å². The number of nitrogens with one attached hydrogen (secondary N) is 1. The summed E-state index contributed by atoms with van der Waals surface area (Å²) in [6, 6.07) is 9.71. The maximum absolute atomic E-state index is 13.7. The van der Waals surface area contributed by atoms with Crippen molar-refractivity contribution < 1.29 is 18.3 Å². The fraction of sp³-hybridized carbons (Fsp3) is 0.158. The standard InChI is InChI=1S/C19H14BrClF2N6O2/c1-11-6-16(19(21,22)23)29-17(25-11)7-15(27-29)18(30)26-13-8-24-28(9-13)10-31-14-4-2-12(20)3-5-14/h2-9H,10H2,1H3,(H,26,30). The van der Waals surface area contributed by atoms with E-state index in [-0.39, 0.29) is 18.1 Å². The van der Waals surface area contributed by atoms with Crippen LogP contribution in [0.25, 0.3) is 5.65 Å². The number of amides is 1. The number of benzene rings is 1. The molecule has 0 bridgehead atoms. The van der Waals surface area contributed by atoms with Gasteiger partial charge in [0.1, 0.15) is 11.4 Å². The lowest BCUT2D eigenvalue weighted by Crippen LogP contribution is -2.15. The molecular formula is C19H14BrClF2N6O2. The van der Waals surface area contributed by atoms with Gasteiger partial charge >= 0.3 is 5.38 Å². The van der Waals surface area contributed by atoms with Gasteiger partial charge in [0.25, 0.3) is 5.91 Å². The molecule has 0 fully saturated rings. The predicted molar refractivity (Wildman–Crippen MR) is 112 cm³/mol. The smallest absolute Gasteiger partial charge is 0.364 e. The summed E-state index contributed by atoms with van der Waals surface area (Å²) in [6.07, 6.45) is 2.99. The molecule has 4 rings (SSSR count). The minimum Gasteiger partial charge on any atom is -0.471 e. The lowest BCUT2D eigenvalue weighted by atomic mass is 10.3. The summed E-state index contributed by atoms with van der Waals surface area (Å²) in [7, 11) is 0. The maximum Gasteiger partial charge on any atom is 0.364 e. The molecule has 3 heterocycles. The predicted octanol–water partition coefficient (Wildman–Crippen LogP) is 4.57. The molecule has 1 amide bonds. The summed E-state index contributed by atoms with van der Waals surface area (Å²) in [5.41, 5.74) is 0.113. The Labute approximate surface area is 187 Å². The fourth-order valence-electron chi connectivity index (χ4n) is 2.78. The number of halogens is 4. The molecule has 0 aliphatic heterocycles. The van der Waals surface area contributed by atoms with Crippen LogP contribution in [0.1, 0.15) is 21.9 Å². The number of aryl methyl sites for hydroxylation is 1. The van der Waals surface area contributed by atoms with Gasteiger partial charge < -0.3 is 10.1 Å². The third-order valence-electron chi connectivity index (χ3n) is 4.15. The quantitative estimate of drug-likeness (QED) is 0.383. The van der Waals surface area contributed by atoms with Crippen LogP contribution < -0.4 is 10.1 Å². The van der Waals surface area contributed by atoms with E-state index >= 15 is 0 Å². The minimum atomic E-state index is -3.66. The Morgan fingerprint density at radius 1 is 1.29 bits per heavy atom. The summed E-state index contributed by atoms with van der Waals surface area (Å²) in [5.74, 6) is 0.0454. The van der Waals surface area contributed by atoms with Crippen molar-refractivity contribution in [2.75, 3.05) is 5.32 Å². The second-order valence-corrected chi connectivity index (χ2v) is 7.92. The minimum absolute atomic E-state index is 0.0825. The van der Waals surface area contributed by atoms with Crippen LogP contribution in [0.2, 0.25) is 0 Å². The Bertz CT molecular complexity index is 1250. The van der Waals surface area contributed by atoms with Crippen LogP contribution in [0.15, 0.2) is 53.3 Å². The van der Waals surface area contributed by atoms with Gasteiger partial charge in [-0.15, -0.1) is 0 Å². The first-order valence-electron chi connectivity index (χ1n) is 8.86. The lowest BCUT2D eigenvalue weighted by molar-refractivity contribution is 0.0868. The molecule has 0 saturated carbocycles. The highest BCUT2D eigenvalue weighted by atomic mass is 79.9. The third kappa shape index (κ3) is 4.83. The molecule has 12 heteroatoms. The number of carbonyl (C=O) groups is 1. The second-order valence-electron chi connectivity index (χ2n) is 6.53. The van der Waals surface area contributed by atoms with E-state index in [0.29, 0.717) is 17.1 Å². The van der Waals surface area contributed by atoms with Crippen molar-refractivity contribution in [1.82, 2.24) is 24.4 Å². The number of fused-ring (bicyclic) bond motifs is 1. The molecule has 1 N–H and O–H groups in total. The molecule has 0 radical (unpaired) electrons. The van der Waals surface area contributed by atoms with E-state index in [9.17, 15) is 13.6 Å². The summed E-state index contributed by atoms with van der Waals surface area (Å²) < 4.78 is 36.3. The summed E-state index contributed by atoms with van der Waals surface area (Å²) in [4.78, 5) is 16.7. The van der Waals surface area contributed by atoms with Crippen molar-refractivity contribution in [3.63, 3.8) is 0 Å². The molecule has 3 aromatic heterocycles. The van der Waals surface area contributed by atoms with Crippen molar-refractivity contribution in [2.45, 2.75) is 19.0 Å². The molecule has 0 aliphatic rings. The largest absolute Gasteiger partial charge is 0.471 e. The van der Waals surface area contributed by atoms with Crippen molar-refractivity contribution in [3.8, 4) is 5.75 Å². The zero-order chi connectivity index (χ0) is 22.2. The van der Waals surface area contributed by atoms with Gasteiger partial charge in [-0.05, 0) is 48.9 Å². The summed E-state index contributed by atoms with van der Waals surface area (Å²) >= 11 is 8.51. The Morgan fingerprint density at radius 2 is 2.03 bits per heavy atom. The highest BCUT2D eigenvalue weighted by Gasteiger charge is 2.32. The van der Waals surface area contributed by atoms with E-state index in [1.54, 1.807) is 25.3 Å². The first-order chi connectivity index (χ1) is 14.7. The van der Waals surface area contributed by atoms with E-state index in [2.05, 4.69) is 36.4 Å². The zero-order valence-corrected chi connectivity index (χ0v) is 18.2. The SMILES string of the molecule is Cc1cc(C(F)(F)Cl)n2nc(C(=O)Nc3cnn(COc4ccc(Br)cc4)c3)cc2n1. The van der Waals surface area contributed by atoms with Crippen LogP contribution in [-0.2, 0) is 12.1 Å². The number of ether oxygens (including phenoxy) is 1. The van der Waals surface area contributed by atoms with Gasteiger partial charge in [0.05, 0.1) is 18.1 Å². The molecule has 0 spiro atoms. The number of hydrogen-bond donors (Lipinski definition) is 1. The van der Waals surface area contributed by atoms with Crippen LogP contribution >= 0.6 is 27.5 Å². The molecule has 8 nitrogen and oxygen atoms in total. The Kier molecular flexibility index (Phi) is 5.63. The van der Waals surface area contributed by atoms with Crippen LogP contribution in [0.4, 0.5) is 14.5 Å². The van der Waals surface area contributed by atoms with Gasteiger partial charge in [-0.3, -0.25) is 4.79 Å². The number of rotatable bonds is 6. The van der Waals surface area contributed by atoms with E-state index in [4.69, 9.17) is 16.3 Å². The number of nitrogens with zero attached hydrogens (tertiary/aromatic N) is 5. The first-order valence-corrected chi connectivity index (χ1v) is 10.0. The Morgan fingerprint density at radius 3 is 2.74 bits per heavy atom. The van der Waals surface area contributed by atoms with E-state index in [1.807, 2.05) is 12.1 Å². The van der Waals surface area contributed by atoms with Crippen LogP contribution in [-0.4, -0.2) is 30.3 Å². The second kappa shape index (κ2) is 8.23. The molecule has 31 heavy (non-hydrogen) atoms. The van der Waals surface area contributed by atoms with Crippen LogP contribution in [0.3, 0.4) is 0 Å². The van der Waals surface area contributed by atoms with Crippen molar-refractivity contribution in [1.29, 1.82) is 0 Å². The first kappa shape index (κ1) is 21.2. The number of alkyl halides is 3. The molecule has 1 aromatic carbocycles. The van der Waals surface area contributed by atoms with E-state index in [0.717, 1.165) is 15.1 Å². The topological polar surface area (TPSA) is 86.3 Å². The van der Waals surface area contributed by atoms with Crippen molar-refractivity contribution >= 4 is 44.8 Å². The number of aromatic nitrogens is 5. The number of carbonyl (C=O) groups excluding carboxylic acids is 1. The number of anilines is 1. The van der Waals surface area contributed by atoms with E-state index in [1.165, 1.54) is 16.9 Å². The fourth-order valence-corrected chi connectivity index (χ4v) is 3.18. The average molecular weight is 512 g/mol. The highest BCUT2D eigenvalue weighted by Crippen LogP contribution is 2.32. The summed E-state index contributed by atoms with van der Waals surface area (Å²) in [5, 5.41) is 6.98. The van der Waals surface area contributed by atoms with Gasteiger partial charge in [-0.2, -0.15) is 19.0 Å². The van der Waals surface area contributed by atoms with Gasteiger partial charge in [-0.25, -0.2) is 14.2 Å². The highest BCUT2D eigenvalue weighted by molar-refractivity contribution is 9.10. The molecule has 0 aliphatic carbocycles.